The molecule has 0 bridgehead atoms. The normalized spacial score (nSPS) is 23.5. The summed E-state index contributed by atoms with van der Waals surface area (Å²) in [6.45, 7) is 6.76. The molecule has 27 heavy (non-hydrogen) atoms. The summed E-state index contributed by atoms with van der Waals surface area (Å²) in [5.41, 5.74) is -1.73. The van der Waals surface area contributed by atoms with Gasteiger partial charge in [-0.05, 0) is 52.4 Å². The van der Waals surface area contributed by atoms with Crippen LogP contribution in [-0.4, -0.2) is 63.1 Å². The minimum atomic E-state index is -1.79. The van der Waals surface area contributed by atoms with Gasteiger partial charge in [0.25, 0.3) is 0 Å². The second-order valence-electron chi connectivity index (χ2n) is 8.24. The Hall–Kier alpha value is -2.32. The lowest BCUT2D eigenvalue weighted by Gasteiger charge is -2.33. The van der Waals surface area contributed by atoms with Crippen LogP contribution in [0.2, 0.25) is 0 Å². The van der Waals surface area contributed by atoms with Crippen molar-refractivity contribution in [2.45, 2.75) is 70.5 Å². The molecule has 0 aromatic heterocycles. The van der Waals surface area contributed by atoms with E-state index >= 15 is 0 Å². The minimum Gasteiger partial charge on any atom is -0.481 e. The number of rotatable bonds is 6. The number of hydrogen-bond donors (Lipinski definition) is 2. The zero-order valence-electron chi connectivity index (χ0n) is 16.1. The van der Waals surface area contributed by atoms with Gasteiger partial charge in [-0.2, -0.15) is 0 Å². The van der Waals surface area contributed by atoms with Crippen molar-refractivity contribution in [3.05, 3.63) is 0 Å². The third-order valence-electron chi connectivity index (χ3n) is 4.77. The number of carbonyl (C=O) groups excluding carboxylic acids is 1. The molecule has 1 saturated heterocycles. The smallest absolute Gasteiger partial charge is 0.410 e. The van der Waals surface area contributed by atoms with Crippen molar-refractivity contribution < 1.29 is 34.2 Å². The van der Waals surface area contributed by atoms with Gasteiger partial charge < -0.3 is 24.7 Å². The van der Waals surface area contributed by atoms with E-state index in [4.69, 9.17) is 14.7 Å². The van der Waals surface area contributed by atoms with E-state index in [0.29, 0.717) is 31.1 Å². The van der Waals surface area contributed by atoms with Gasteiger partial charge in [0.05, 0.1) is 12.1 Å². The van der Waals surface area contributed by atoms with Gasteiger partial charge in [0.2, 0.25) is 5.60 Å². The molecule has 2 aliphatic rings. The Kier molecular flexibility index (Phi) is 6.33. The van der Waals surface area contributed by atoms with E-state index in [2.05, 4.69) is 5.16 Å². The lowest BCUT2D eigenvalue weighted by molar-refractivity contribution is -0.169. The number of oxime groups is 1. The van der Waals surface area contributed by atoms with E-state index in [0.717, 1.165) is 19.3 Å². The molecule has 0 aliphatic carbocycles. The molecule has 0 aromatic rings. The molecule has 1 fully saturated rings. The fourth-order valence-electron chi connectivity index (χ4n) is 3.31. The highest BCUT2D eigenvalue weighted by atomic mass is 16.7. The first-order chi connectivity index (χ1) is 12.5. The van der Waals surface area contributed by atoms with Gasteiger partial charge >= 0.3 is 18.0 Å². The number of carboxylic acids is 2. The molecule has 1 unspecified atom stereocenters. The first kappa shape index (κ1) is 21.0. The van der Waals surface area contributed by atoms with Crippen LogP contribution in [0, 0.1) is 5.92 Å². The number of carboxylic acid groups (broad SMARTS) is 2. The molecule has 2 N–H and O–H groups in total. The monoisotopic (exact) mass is 384 g/mol. The van der Waals surface area contributed by atoms with E-state index in [-0.39, 0.29) is 12.5 Å². The maximum Gasteiger partial charge on any atom is 0.410 e. The summed E-state index contributed by atoms with van der Waals surface area (Å²) in [7, 11) is 0. The highest BCUT2D eigenvalue weighted by molar-refractivity contribution is 5.95. The van der Waals surface area contributed by atoms with Crippen LogP contribution in [-0.2, 0) is 19.2 Å². The maximum absolute atomic E-state index is 12.1. The second-order valence-corrected chi connectivity index (χ2v) is 8.24. The summed E-state index contributed by atoms with van der Waals surface area (Å²) < 4.78 is 5.38. The Bertz CT molecular complexity index is 618. The van der Waals surface area contributed by atoms with Gasteiger partial charge in [-0.3, -0.25) is 4.79 Å². The molecule has 2 heterocycles. The molecule has 1 amide bonds. The minimum absolute atomic E-state index is 0.00854. The molecule has 0 aromatic carbocycles. The Morgan fingerprint density at radius 1 is 1.26 bits per heavy atom. The summed E-state index contributed by atoms with van der Waals surface area (Å²) in [6, 6.07) is 0. The summed E-state index contributed by atoms with van der Waals surface area (Å²) in [4.78, 5) is 41.1. The molecule has 0 saturated carbocycles. The van der Waals surface area contributed by atoms with Gasteiger partial charge in [0, 0.05) is 19.5 Å². The fourth-order valence-corrected chi connectivity index (χ4v) is 3.31. The van der Waals surface area contributed by atoms with Crippen LogP contribution >= 0.6 is 0 Å². The van der Waals surface area contributed by atoms with E-state index in [9.17, 15) is 19.5 Å². The van der Waals surface area contributed by atoms with E-state index in [1.165, 1.54) is 0 Å². The van der Waals surface area contributed by atoms with Crippen LogP contribution in [0.1, 0.15) is 59.3 Å². The highest BCUT2D eigenvalue weighted by Crippen LogP contribution is 2.31. The molecule has 2 aliphatic heterocycles. The van der Waals surface area contributed by atoms with Crippen molar-refractivity contribution in [2.75, 3.05) is 13.1 Å². The molecule has 0 spiro atoms. The SMILES string of the molecule is CC(C)(C)OC(=O)N1CCC(CCC2=NOC(CC(=O)O)(C(=O)O)C2)CC1. The average molecular weight is 384 g/mol. The Balaban J connectivity index is 1.77. The van der Waals surface area contributed by atoms with Crippen molar-refractivity contribution in [2.24, 2.45) is 11.1 Å². The summed E-state index contributed by atoms with van der Waals surface area (Å²) in [5, 5.41) is 22.0. The van der Waals surface area contributed by atoms with Gasteiger partial charge in [0.15, 0.2) is 0 Å². The van der Waals surface area contributed by atoms with Crippen LogP contribution in [0.25, 0.3) is 0 Å². The van der Waals surface area contributed by atoms with Crippen molar-refractivity contribution >= 4 is 23.7 Å². The van der Waals surface area contributed by atoms with Gasteiger partial charge in [-0.25, -0.2) is 9.59 Å². The lowest BCUT2D eigenvalue weighted by atomic mass is 9.88. The number of amides is 1. The van der Waals surface area contributed by atoms with Gasteiger partial charge in [-0.1, -0.05) is 5.16 Å². The molecule has 9 nitrogen and oxygen atoms in total. The molecule has 0 radical (unpaired) electrons. The molecular weight excluding hydrogens is 356 g/mol. The predicted molar refractivity (Wildman–Crippen MR) is 95.5 cm³/mol. The number of aliphatic carboxylic acids is 2. The largest absolute Gasteiger partial charge is 0.481 e. The number of nitrogens with zero attached hydrogens (tertiary/aromatic N) is 2. The van der Waals surface area contributed by atoms with Crippen LogP contribution in [0.4, 0.5) is 4.79 Å². The Morgan fingerprint density at radius 3 is 2.41 bits per heavy atom. The van der Waals surface area contributed by atoms with Crippen LogP contribution in [0.15, 0.2) is 5.16 Å². The standard InChI is InChI=1S/C18H28N2O7/c1-17(2,3)26-16(25)20-8-6-12(7-9-20)4-5-13-10-18(15(23)24,27-19-13)11-14(21)22/h12H,4-11H2,1-3H3,(H,21,22)(H,23,24). The van der Waals surface area contributed by atoms with Crippen molar-refractivity contribution in [3.63, 3.8) is 0 Å². The first-order valence-corrected chi connectivity index (χ1v) is 9.18. The Labute approximate surface area is 158 Å². The molecular formula is C18H28N2O7. The van der Waals surface area contributed by atoms with Gasteiger partial charge in [0.1, 0.15) is 5.60 Å². The summed E-state index contributed by atoms with van der Waals surface area (Å²) in [5.74, 6) is -2.15. The zero-order chi connectivity index (χ0) is 20.2. The van der Waals surface area contributed by atoms with Crippen LogP contribution < -0.4 is 0 Å². The topological polar surface area (TPSA) is 126 Å². The zero-order valence-corrected chi connectivity index (χ0v) is 16.1. The second kappa shape index (κ2) is 8.14. The van der Waals surface area contributed by atoms with Crippen molar-refractivity contribution in [1.82, 2.24) is 4.90 Å². The van der Waals surface area contributed by atoms with E-state index in [1.54, 1.807) is 4.90 Å². The summed E-state index contributed by atoms with van der Waals surface area (Å²) >= 11 is 0. The predicted octanol–water partition coefficient (Wildman–Crippen LogP) is 2.49. The van der Waals surface area contributed by atoms with Crippen molar-refractivity contribution in [3.8, 4) is 0 Å². The average Bonchev–Trinajstić information content (AvgIpc) is 2.95. The number of ether oxygens (including phenoxy) is 1. The van der Waals surface area contributed by atoms with E-state index < -0.39 is 29.6 Å². The maximum atomic E-state index is 12.1. The molecule has 9 heteroatoms. The van der Waals surface area contributed by atoms with Crippen molar-refractivity contribution in [1.29, 1.82) is 0 Å². The lowest BCUT2D eigenvalue weighted by Crippen LogP contribution is -2.42. The number of hydrogen-bond acceptors (Lipinski definition) is 6. The first-order valence-electron chi connectivity index (χ1n) is 9.18. The third kappa shape index (κ3) is 5.83. The highest BCUT2D eigenvalue weighted by Gasteiger charge is 2.48. The third-order valence-corrected chi connectivity index (χ3v) is 4.77. The van der Waals surface area contributed by atoms with Crippen LogP contribution in [0.3, 0.4) is 0 Å². The van der Waals surface area contributed by atoms with Crippen LogP contribution in [0.5, 0.6) is 0 Å². The molecule has 152 valence electrons. The molecule has 2 rings (SSSR count). The fraction of sp³-hybridized carbons (Fsp3) is 0.778. The number of carbonyl (C=O) groups is 3. The quantitative estimate of drug-likeness (QED) is 0.720. The molecule has 1 atom stereocenters. The number of likely N-dealkylation sites (tertiary alicyclic amines) is 1. The summed E-state index contributed by atoms with van der Waals surface area (Å²) in [6.07, 6.45) is 2.11. The van der Waals surface area contributed by atoms with Gasteiger partial charge in [-0.15, -0.1) is 0 Å². The Morgan fingerprint density at radius 2 is 1.89 bits per heavy atom. The van der Waals surface area contributed by atoms with E-state index in [1.807, 2.05) is 20.8 Å². The number of piperidine rings is 1.